The van der Waals surface area contributed by atoms with Crippen molar-refractivity contribution in [3.8, 4) is 11.5 Å². The maximum absolute atomic E-state index is 11.8. The number of phenols is 1. The molecular weight excluding hydrogens is 428 g/mol. The van der Waals surface area contributed by atoms with E-state index in [9.17, 15) is 14.7 Å². The number of imide groups is 1. The Morgan fingerprint density at radius 2 is 1.21 bits per heavy atom. The summed E-state index contributed by atoms with van der Waals surface area (Å²) >= 11 is 0. The molecule has 3 amide bonds. The Bertz CT molecular complexity index is 634. The molecule has 3 N–H and O–H groups in total. The summed E-state index contributed by atoms with van der Waals surface area (Å²) in [7, 11) is 0. The minimum Gasteiger partial charge on any atom is -0.508 e. The van der Waals surface area contributed by atoms with Gasteiger partial charge in [-0.2, -0.15) is 0 Å². The molecule has 0 atom stereocenters. The van der Waals surface area contributed by atoms with E-state index in [0.717, 1.165) is 12.8 Å². The lowest BCUT2D eigenvalue weighted by molar-refractivity contribution is -0.120. The molecule has 0 heterocycles. The first-order valence-electron chi connectivity index (χ1n) is 13.6. The molecule has 0 aromatic heterocycles. The number of aromatic hydroxyl groups is 1. The Morgan fingerprint density at radius 3 is 1.71 bits per heavy atom. The predicted molar refractivity (Wildman–Crippen MR) is 139 cm³/mol. The second-order valence-electron chi connectivity index (χ2n) is 9.20. The second-order valence-corrected chi connectivity index (χ2v) is 9.20. The quantitative estimate of drug-likeness (QED) is 0.163. The second kappa shape index (κ2) is 21.3. The molecule has 0 fully saturated rings. The van der Waals surface area contributed by atoms with E-state index in [0.29, 0.717) is 12.3 Å². The van der Waals surface area contributed by atoms with E-state index in [1.54, 1.807) is 12.1 Å². The molecule has 0 bridgehead atoms. The molecule has 0 saturated heterocycles. The number of phenolic OH excluding ortho intramolecular Hbond substituents is 1. The van der Waals surface area contributed by atoms with Gasteiger partial charge in [0.25, 0.3) is 0 Å². The van der Waals surface area contributed by atoms with Crippen LogP contribution in [-0.4, -0.2) is 30.2 Å². The number of rotatable bonds is 21. The van der Waals surface area contributed by atoms with Gasteiger partial charge < -0.3 is 15.2 Å². The Hall–Kier alpha value is -2.24. The van der Waals surface area contributed by atoms with Crippen LogP contribution >= 0.6 is 0 Å². The minimum absolute atomic E-state index is 0.0906. The van der Waals surface area contributed by atoms with Gasteiger partial charge in [0, 0.05) is 6.54 Å². The van der Waals surface area contributed by atoms with Crippen LogP contribution in [0, 0.1) is 0 Å². The van der Waals surface area contributed by atoms with Gasteiger partial charge in [0.15, 0.2) is 0 Å². The summed E-state index contributed by atoms with van der Waals surface area (Å²) in [5.74, 6) is 0.355. The van der Waals surface area contributed by atoms with Gasteiger partial charge in [-0.3, -0.25) is 10.1 Å². The fourth-order valence-electron chi connectivity index (χ4n) is 3.91. The molecule has 1 aromatic rings. The number of nitrogens with one attached hydrogen (secondary N) is 2. The molecule has 0 saturated carbocycles. The molecular formula is C28H48N2O4. The summed E-state index contributed by atoms with van der Waals surface area (Å²) in [6.07, 6.45) is 21.2. The zero-order valence-corrected chi connectivity index (χ0v) is 21.4. The van der Waals surface area contributed by atoms with Gasteiger partial charge in [0.1, 0.15) is 11.5 Å². The first-order chi connectivity index (χ1) is 16.6. The standard InChI is InChI=1S/C28H48N2O4/c1-2-3-4-5-6-7-8-9-10-11-12-13-14-15-16-17-23-29-28(33)30-27(32)22-24-34-26-20-18-25(31)19-21-26/h18-21,31H,2-17,22-24H2,1H3,(H2,29,30,32,33). The number of urea groups is 1. The summed E-state index contributed by atoms with van der Waals surface area (Å²) in [6, 6.07) is 5.83. The van der Waals surface area contributed by atoms with Crippen molar-refractivity contribution in [2.75, 3.05) is 13.2 Å². The highest BCUT2D eigenvalue weighted by atomic mass is 16.5. The van der Waals surface area contributed by atoms with Crippen molar-refractivity contribution in [3.63, 3.8) is 0 Å². The molecule has 0 aliphatic rings. The number of carbonyl (C=O) groups excluding carboxylic acids is 2. The summed E-state index contributed by atoms with van der Waals surface area (Å²) < 4.78 is 5.41. The van der Waals surface area contributed by atoms with E-state index in [-0.39, 0.29) is 24.7 Å². The van der Waals surface area contributed by atoms with Crippen molar-refractivity contribution < 1.29 is 19.4 Å². The third-order valence-electron chi connectivity index (χ3n) is 6.00. The van der Waals surface area contributed by atoms with Crippen molar-refractivity contribution in [2.24, 2.45) is 0 Å². The summed E-state index contributed by atoms with van der Waals surface area (Å²) in [5.41, 5.74) is 0. The Balaban J connectivity index is 1.81. The van der Waals surface area contributed by atoms with Crippen LogP contribution < -0.4 is 15.4 Å². The first-order valence-corrected chi connectivity index (χ1v) is 13.6. The monoisotopic (exact) mass is 476 g/mol. The molecule has 34 heavy (non-hydrogen) atoms. The van der Waals surface area contributed by atoms with E-state index in [2.05, 4.69) is 17.6 Å². The van der Waals surface area contributed by atoms with Crippen molar-refractivity contribution >= 4 is 11.9 Å². The van der Waals surface area contributed by atoms with Crippen LogP contribution in [-0.2, 0) is 4.79 Å². The van der Waals surface area contributed by atoms with E-state index in [1.165, 1.54) is 102 Å². The third kappa shape index (κ3) is 18.2. The molecule has 6 nitrogen and oxygen atoms in total. The summed E-state index contributed by atoms with van der Waals surface area (Å²) in [4.78, 5) is 23.6. The lowest BCUT2D eigenvalue weighted by Gasteiger charge is -2.08. The number of amides is 3. The highest BCUT2D eigenvalue weighted by molar-refractivity contribution is 5.94. The van der Waals surface area contributed by atoms with Gasteiger partial charge >= 0.3 is 6.03 Å². The van der Waals surface area contributed by atoms with E-state index < -0.39 is 6.03 Å². The largest absolute Gasteiger partial charge is 0.508 e. The van der Waals surface area contributed by atoms with Gasteiger partial charge in [-0.1, -0.05) is 103 Å². The number of unbranched alkanes of at least 4 members (excludes halogenated alkanes) is 15. The van der Waals surface area contributed by atoms with Crippen LogP contribution in [0.15, 0.2) is 24.3 Å². The molecule has 6 heteroatoms. The molecule has 0 radical (unpaired) electrons. The van der Waals surface area contributed by atoms with Gasteiger partial charge in [-0.25, -0.2) is 4.79 Å². The molecule has 1 aromatic carbocycles. The highest BCUT2D eigenvalue weighted by Gasteiger charge is 2.07. The Labute approximate surface area is 207 Å². The predicted octanol–water partition coefficient (Wildman–Crippen LogP) is 7.25. The van der Waals surface area contributed by atoms with Crippen molar-refractivity contribution in [1.82, 2.24) is 10.6 Å². The number of carbonyl (C=O) groups is 2. The van der Waals surface area contributed by atoms with Crippen LogP contribution in [0.1, 0.15) is 116 Å². The summed E-state index contributed by atoms with van der Waals surface area (Å²) in [6.45, 7) is 3.02. The average molecular weight is 477 g/mol. The van der Waals surface area contributed by atoms with E-state index >= 15 is 0 Å². The molecule has 194 valence electrons. The normalized spacial score (nSPS) is 10.7. The van der Waals surface area contributed by atoms with Crippen molar-refractivity contribution in [2.45, 2.75) is 116 Å². The topological polar surface area (TPSA) is 87.7 Å². The molecule has 1 rings (SSSR count). The number of hydrogen-bond donors (Lipinski definition) is 3. The van der Waals surface area contributed by atoms with Crippen molar-refractivity contribution in [3.05, 3.63) is 24.3 Å². The lowest BCUT2D eigenvalue weighted by atomic mass is 10.0. The Morgan fingerprint density at radius 1 is 0.735 bits per heavy atom. The van der Waals surface area contributed by atoms with Crippen LogP contribution in [0.25, 0.3) is 0 Å². The summed E-state index contributed by atoms with van der Waals surface area (Å²) in [5, 5.41) is 14.3. The number of hydrogen-bond acceptors (Lipinski definition) is 4. The van der Waals surface area contributed by atoms with Gasteiger partial charge in [0.05, 0.1) is 13.0 Å². The number of benzene rings is 1. The number of ether oxygens (including phenoxy) is 1. The fraction of sp³-hybridized carbons (Fsp3) is 0.714. The molecule has 0 spiro atoms. The van der Waals surface area contributed by atoms with Gasteiger partial charge in [-0.05, 0) is 30.7 Å². The van der Waals surface area contributed by atoms with Crippen LogP contribution in [0.2, 0.25) is 0 Å². The SMILES string of the molecule is CCCCCCCCCCCCCCCCCCNC(=O)NC(=O)CCOc1ccc(O)cc1. The minimum atomic E-state index is -0.449. The van der Waals surface area contributed by atoms with E-state index in [4.69, 9.17) is 4.74 Å². The molecule has 0 aliphatic heterocycles. The zero-order chi connectivity index (χ0) is 24.7. The third-order valence-corrected chi connectivity index (χ3v) is 6.00. The lowest BCUT2D eigenvalue weighted by Crippen LogP contribution is -2.40. The molecule has 0 unspecified atom stereocenters. The molecule has 0 aliphatic carbocycles. The Kier molecular flexibility index (Phi) is 18.7. The average Bonchev–Trinajstić information content (AvgIpc) is 2.82. The highest BCUT2D eigenvalue weighted by Crippen LogP contribution is 2.16. The first kappa shape index (κ1) is 29.8. The van der Waals surface area contributed by atoms with Gasteiger partial charge in [0.2, 0.25) is 5.91 Å². The van der Waals surface area contributed by atoms with Gasteiger partial charge in [-0.15, -0.1) is 0 Å². The van der Waals surface area contributed by atoms with Crippen molar-refractivity contribution in [1.29, 1.82) is 0 Å². The van der Waals surface area contributed by atoms with Crippen LogP contribution in [0.4, 0.5) is 4.79 Å². The fourth-order valence-corrected chi connectivity index (χ4v) is 3.91. The maximum Gasteiger partial charge on any atom is 0.321 e. The zero-order valence-electron chi connectivity index (χ0n) is 21.4. The van der Waals surface area contributed by atoms with Crippen LogP contribution in [0.3, 0.4) is 0 Å². The maximum atomic E-state index is 11.8. The van der Waals surface area contributed by atoms with E-state index in [1.807, 2.05) is 0 Å². The smallest absolute Gasteiger partial charge is 0.321 e. The van der Waals surface area contributed by atoms with Crippen LogP contribution in [0.5, 0.6) is 11.5 Å².